The molecule has 0 unspecified atom stereocenters. The number of hydrogen-bond donors (Lipinski definition) is 0. The van der Waals surface area contributed by atoms with E-state index in [-0.39, 0.29) is 50.2 Å². The Balaban J connectivity index is 0. The summed E-state index contributed by atoms with van der Waals surface area (Å²) >= 11 is 0. The molecule has 0 aromatic rings. The van der Waals surface area contributed by atoms with Crippen molar-refractivity contribution in [2.24, 2.45) is 5.92 Å². The van der Waals surface area contributed by atoms with Crippen LogP contribution in [0.3, 0.4) is 0 Å². The third-order valence-corrected chi connectivity index (χ3v) is 2.58. The van der Waals surface area contributed by atoms with E-state index in [0.717, 1.165) is 25.7 Å². The molecule has 1 rings (SSSR count). The molecule has 2 nitrogen and oxygen atoms in total. The average Bonchev–Trinajstić information content (AvgIpc) is 2.63. The van der Waals surface area contributed by atoms with Crippen LogP contribution in [0.1, 0.15) is 39.0 Å². The molecule has 66 valence electrons. The molecule has 4 heteroatoms. The molecule has 0 aliphatic heterocycles. The second-order valence-electron chi connectivity index (χ2n) is 3.59. The van der Waals surface area contributed by atoms with Gasteiger partial charge < -0.3 is 10.2 Å². The van der Waals surface area contributed by atoms with E-state index in [1.54, 1.807) is 0 Å². The van der Waals surface area contributed by atoms with E-state index in [1.165, 1.54) is 0 Å². The Kier molecular flexibility index (Phi) is 9.43. The van der Waals surface area contributed by atoms with Gasteiger partial charge >= 0.3 is 37.7 Å². The normalized spacial score (nSPS) is 30.2. The van der Waals surface area contributed by atoms with Crippen molar-refractivity contribution in [3.63, 3.8) is 0 Å². The summed E-state index contributed by atoms with van der Waals surface area (Å²) in [7, 11) is 0. The van der Waals surface area contributed by atoms with Gasteiger partial charge in [0.1, 0.15) is 0 Å². The maximum Gasteiger partial charge on any atom is 1.00 e. The first-order valence-corrected chi connectivity index (χ1v) is 4.51. The summed E-state index contributed by atoms with van der Waals surface area (Å²) in [6, 6.07) is 0. The van der Waals surface area contributed by atoms with Crippen LogP contribution in [-0.2, 0) is 0 Å². The first-order chi connectivity index (χ1) is 5.23. The summed E-state index contributed by atoms with van der Waals surface area (Å²) in [5, 5.41) is 21.8. The molecular formula is C9H16Li2O2. The molecule has 1 aliphatic carbocycles. The molecule has 1 fully saturated rings. The standard InChI is InChI=1S/C9H16O2.2Li/c1-2-3-4-5-9(11)6-8(9)7-10;;/h8H,2-7H2,1H3;;/q-2;2*+1/t8-,9-;;/m0../s1. The van der Waals surface area contributed by atoms with Crippen molar-refractivity contribution in [2.45, 2.75) is 44.6 Å². The molecule has 0 N–H and O–H groups in total. The summed E-state index contributed by atoms with van der Waals surface area (Å²) in [5.74, 6) is -0.0423. The summed E-state index contributed by atoms with van der Waals surface area (Å²) < 4.78 is 0. The Hall–Kier alpha value is 1.11. The summed E-state index contributed by atoms with van der Waals surface area (Å²) in [4.78, 5) is 0. The van der Waals surface area contributed by atoms with Crippen LogP contribution in [0.25, 0.3) is 0 Å². The minimum atomic E-state index is -0.795. The van der Waals surface area contributed by atoms with E-state index < -0.39 is 5.60 Å². The fourth-order valence-corrected chi connectivity index (χ4v) is 1.55. The molecule has 1 aliphatic rings. The maximum absolute atomic E-state index is 11.5. The minimum Gasteiger partial charge on any atom is -0.854 e. The fourth-order valence-electron chi connectivity index (χ4n) is 1.55. The van der Waals surface area contributed by atoms with Crippen LogP contribution >= 0.6 is 0 Å². The van der Waals surface area contributed by atoms with Gasteiger partial charge in [0, 0.05) is 0 Å². The maximum atomic E-state index is 11.5. The van der Waals surface area contributed by atoms with Gasteiger partial charge in [-0.25, -0.2) is 0 Å². The van der Waals surface area contributed by atoms with E-state index in [4.69, 9.17) is 0 Å². The average molecular weight is 170 g/mol. The Morgan fingerprint density at radius 2 is 1.92 bits per heavy atom. The van der Waals surface area contributed by atoms with E-state index in [2.05, 4.69) is 6.92 Å². The molecule has 0 aromatic heterocycles. The second-order valence-corrected chi connectivity index (χ2v) is 3.59. The zero-order valence-corrected chi connectivity index (χ0v) is 9.14. The van der Waals surface area contributed by atoms with E-state index in [1.807, 2.05) is 0 Å². The Morgan fingerprint density at radius 1 is 1.31 bits per heavy atom. The largest absolute Gasteiger partial charge is 1.00 e. The first-order valence-electron chi connectivity index (χ1n) is 4.51. The van der Waals surface area contributed by atoms with Crippen LogP contribution in [0.2, 0.25) is 0 Å². The predicted molar refractivity (Wildman–Crippen MR) is 39.8 cm³/mol. The second kappa shape index (κ2) is 7.41. The van der Waals surface area contributed by atoms with Crippen molar-refractivity contribution in [1.29, 1.82) is 0 Å². The van der Waals surface area contributed by atoms with Gasteiger partial charge in [-0.15, -0.1) is 12.2 Å². The monoisotopic (exact) mass is 170 g/mol. The van der Waals surface area contributed by atoms with Crippen molar-refractivity contribution in [3.05, 3.63) is 0 Å². The Morgan fingerprint density at radius 3 is 2.31 bits per heavy atom. The molecule has 13 heavy (non-hydrogen) atoms. The van der Waals surface area contributed by atoms with Crippen molar-refractivity contribution >= 4 is 0 Å². The van der Waals surface area contributed by atoms with Gasteiger partial charge in [-0.2, -0.15) is 0 Å². The van der Waals surface area contributed by atoms with Crippen LogP contribution in [0.15, 0.2) is 0 Å². The van der Waals surface area contributed by atoms with Crippen LogP contribution in [-0.4, -0.2) is 12.2 Å². The van der Waals surface area contributed by atoms with Gasteiger partial charge in [-0.1, -0.05) is 44.9 Å². The summed E-state index contributed by atoms with van der Waals surface area (Å²) in [6.45, 7) is 1.96. The number of unbranched alkanes of at least 4 members (excludes halogenated alkanes) is 2. The van der Waals surface area contributed by atoms with Crippen molar-refractivity contribution in [1.82, 2.24) is 0 Å². The number of rotatable bonds is 5. The molecule has 2 atom stereocenters. The molecule has 1 saturated carbocycles. The van der Waals surface area contributed by atoms with Crippen LogP contribution < -0.4 is 47.9 Å². The van der Waals surface area contributed by atoms with Crippen LogP contribution in [0, 0.1) is 5.92 Å². The third kappa shape index (κ3) is 4.94. The fraction of sp³-hybridized carbons (Fsp3) is 1.00. The topological polar surface area (TPSA) is 46.1 Å². The molecule has 0 radical (unpaired) electrons. The first kappa shape index (κ1) is 16.5. The molecule has 0 heterocycles. The molecule has 0 spiro atoms. The summed E-state index contributed by atoms with van der Waals surface area (Å²) in [5.41, 5.74) is -0.795. The predicted octanol–water partition coefficient (Wildman–Crippen LogP) is -5.95. The quantitative estimate of drug-likeness (QED) is 0.304. The van der Waals surface area contributed by atoms with E-state index in [0.29, 0.717) is 6.42 Å². The smallest absolute Gasteiger partial charge is 0.854 e. The van der Waals surface area contributed by atoms with Gasteiger partial charge in [0.2, 0.25) is 0 Å². The Bertz CT molecular complexity index is 133. The molecule has 0 amide bonds. The molecule has 0 bridgehead atoms. The molecular weight excluding hydrogens is 154 g/mol. The van der Waals surface area contributed by atoms with Crippen LogP contribution in [0.4, 0.5) is 0 Å². The zero-order chi connectivity index (χ0) is 8.32. The SMILES string of the molecule is CCCCC[C@]1([O-])C[C@H]1C[O-].[Li+].[Li+]. The molecule has 0 aromatic carbocycles. The van der Waals surface area contributed by atoms with Gasteiger partial charge in [0.15, 0.2) is 0 Å². The molecule has 0 saturated heterocycles. The minimum absolute atomic E-state index is 0. The zero-order valence-electron chi connectivity index (χ0n) is 9.14. The number of hydrogen-bond acceptors (Lipinski definition) is 2. The van der Waals surface area contributed by atoms with Gasteiger partial charge in [-0.3, -0.25) is 0 Å². The third-order valence-electron chi connectivity index (χ3n) is 2.58. The van der Waals surface area contributed by atoms with Gasteiger partial charge in [0.05, 0.1) is 0 Å². The van der Waals surface area contributed by atoms with Crippen molar-refractivity contribution in [3.8, 4) is 0 Å². The van der Waals surface area contributed by atoms with Crippen LogP contribution in [0.5, 0.6) is 0 Å². The van der Waals surface area contributed by atoms with Gasteiger partial charge in [0.25, 0.3) is 0 Å². The van der Waals surface area contributed by atoms with Crippen molar-refractivity contribution in [2.75, 3.05) is 6.61 Å². The van der Waals surface area contributed by atoms with Crippen molar-refractivity contribution < 1.29 is 47.9 Å². The van der Waals surface area contributed by atoms with E-state index in [9.17, 15) is 10.2 Å². The Labute approximate surface area is 105 Å². The van der Waals surface area contributed by atoms with E-state index >= 15 is 0 Å². The van der Waals surface area contributed by atoms with Gasteiger partial charge in [-0.05, 0) is 0 Å². The summed E-state index contributed by atoms with van der Waals surface area (Å²) in [6.07, 6.45) is 4.66.